The third kappa shape index (κ3) is 4.74. The summed E-state index contributed by atoms with van der Waals surface area (Å²) >= 11 is 1.40. The molecule has 3 aromatic heterocycles. The number of aromatic nitrogens is 3. The zero-order chi connectivity index (χ0) is 25.1. The highest BCUT2D eigenvalue weighted by Crippen LogP contribution is 2.33. The smallest absolute Gasteiger partial charge is 0.268 e. The van der Waals surface area contributed by atoms with Crippen LogP contribution >= 0.6 is 11.3 Å². The minimum atomic E-state index is -0.207. The molecule has 1 N–H and O–H groups in total. The van der Waals surface area contributed by atoms with Crippen molar-refractivity contribution in [3.8, 4) is 16.3 Å². The number of anilines is 1. The normalized spacial score (nSPS) is 15.9. The molecule has 1 atom stereocenters. The van der Waals surface area contributed by atoms with Gasteiger partial charge in [0.1, 0.15) is 0 Å². The van der Waals surface area contributed by atoms with Gasteiger partial charge in [-0.1, -0.05) is 18.7 Å². The van der Waals surface area contributed by atoms with Crippen molar-refractivity contribution < 1.29 is 14.3 Å². The summed E-state index contributed by atoms with van der Waals surface area (Å²) in [5, 5.41) is 3.06. The summed E-state index contributed by atoms with van der Waals surface area (Å²) in [6.07, 6.45) is 5.59. The molecule has 1 aliphatic rings. The first-order chi connectivity index (χ1) is 17.6. The van der Waals surface area contributed by atoms with Crippen molar-refractivity contribution in [3.05, 3.63) is 72.3 Å². The van der Waals surface area contributed by atoms with Crippen LogP contribution in [-0.2, 0) is 4.79 Å². The van der Waals surface area contributed by atoms with Crippen LogP contribution in [-0.4, -0.2) is 51.4 Å². The number of carbonyl (C=O) groups excluding carboxylic acids is 2. The van der Waals surface area contributed by atoms with Crippen molar-refractivity contribution in [2.24, 2.45) is 0 Å². The molecule has 1 aliphatic heterocycles. The van der Waals surface area contributed by atoms with Crippen LogP contribution in [0.4, 0.5) is 5.95 Å². The van der Waals surface area contributed by atoms with Crippen molar-refractivity contribution in [1.29, 1.82) is 0 Å². The average Bonchev–Trinajstić information content (AvgIpc) is 3.47. The van der Waals surface area contributed by atoms with Crippen molar-refractivity contribution >= 4 is 40.1 Å². The number of ether oxygens (including phenoxy) is 1. The predicted octanol–water partition coefficient (Wildman–Crippen LogP) is 5.16. The van der Waals surface area contributed by atoms with Gasteiger partial charge in [-0.3, -0.25) is 14.9 Å². The summed E-state index contributed by atoms with van der Waals surface area (Å²) in [5.41, 5.74) is 2.74. The summed E-state index contributed by atoms with van der Waals surface area (Å²) in [6, 6.07) is 15.5. The Balaban J connectivity index is 1.41. The Morgan fingerprint density at radius 3 is 2.86 bits per heavy atom. The first-order valence-electron chi connectivity index (χ1n) is 11.9. The molecule has 4 heterocycles. The summed E-state index contributed by atoms with van der Waals surface area (Å²) in [7, 11) is 1.58. The van der Waals surface area contributed by atoms with Gasteiger partial charge in [-0.15, -0.1) is 11.3 Å². The number of benzene rings is 1. The van der Waals surface area contributed by atoms with E-state index in [1.165, 1.54) is 17.4 Å². The highest BCUT2D eigenvalue weighted by molar-refractivity contribution is 7.17. The fourth-order valence-electron chi connectivity index (χ4n) is 4.64. The number of hydrogen-bond acceptors (Lipinski definition) is 6. The molecule has 0 aliphatic carbocycles. The van der Waals surface area contributed by atoms with E-state index in [2.05, 4.69) is 21.4 Å². The number of carbonyl (C=O) groups is 2. The monoisotopic (exact) mass is 501 g/mol. The molecule has 1 fully saturated rings. The molecule has 1 aromatic carbocycles. The Kier molecular flexibility index (Phi) is 6.81. The SMILES string of the molecule is C=CC(=O)N1CCC[C@@H](n2c(NC(=O)c3ccc(-c4ccnc(OC)c4)s3)nc3ccccc32)CC1. The molecule has 0 unspecified atom stereocenters. The maximum Gasteiger partial charge on any atom is 0.268 e. The van der Waals surface area contributed by atoms with E-state index < -0.39 is 0 Å². The number of hydrogen-bond donors (Lipinski definition) is 1. The molecule has 9 heteroatoms. The third-order valence-corrected chi connectivity index (χ3v) is 7.56. The van der Waals surface area contributed by atoms with Gasteiger partial charge >= 0.3 is 0 Å². The molecular weight excluding hydrogens is 474 g/mol. The molecule has 0 spiro atoms. The van der Waals surface area contributed by atoms with E-state index in [0.717, 1.165) is 40.7 Å². The van der Waals surface area contributed by atoms with Crippen molar-refractivity contribution in [2.75, 3.05) is 25.5 Å². The number of imidazole rings is 1. The van der Waals surface area contributed by atoms with Crippen LogP contribution in [0.25, 0.3) is 21.5 Å². The fraction of sp³-hybridized carbons (Fsp3) is 0.259. The largest absolute Gasteiger partial charge is 0.481 e. The molecule has 5 rings (SSSR count). The van der Waals surface area contributed by atoms with Gasteiger partial charge in [0.15, 0.2) is 0 Å². The molecule has 0 saturated carbocycles. The lowest BCUT2D eigenvalue weighted by Gasteiger charge is -2.21. The lowest BCUT2D eigenvalue weighted by atomic mass is 10.1. The first kappa shape index (κ1) is 23.7. The third-order valence-electron chi connectivity index (χ3n) is 6.43. The second kappa shape index (κ2) is 10.3. The number of likely N-dealkylation sites (tertiary alicyclic amines) is 1. The maximum atomic E-state index is 13.3. The Morgan fingerprint density at radius 2 is 2.03 bits per heavy atom. The summed E-state index contributed by atoms with van der Waals surface area (Å²) in [5.74, 6) is 0.800. The van der Waals surface area contributed by atoms with E-state index in [1.54, 1.807) is 13.3 Å². The van der Waals surface area contributed by atoms with E-state index in [0.29, 0.717) is 29.8 Å². The van der Waals surface area contributed by atoms with Crippen LogP contribution in [0.2, 0.25) is 0 Å². The zero-order valence-electron chi connectivity index (χ0n) is 20.0. The van der Waals surface area contributed by atoms with Crippen LogP contribution in [0, 0.1) is 0 Å². The number of amides is 2. The topological polar surface area (TPSA) is 89.4 Å². The van der Waals surface area contributed by atoms with E-state index in [-0.39, 0.29) is 17.9 Å². The number of pyridine rings is 1. The van der Waals surface area contributed by atoms with Crippen LogP contribution in [0.3, 0.4) is 0 Å². The standard InChI is InChI=1S/C27H27N5O3S/c1-3-25(33)31-15-6-7-19(13-16-31)32-21-9-5-4-8-20(21)29-27(32)30-26(34)23-11-10-22(36-23)18-12-14-28-24(17-18)35-2/h3-5,8-12,14,17,19H,1,6-7,13,15-16H2,2H3,(H,29,30,34)/t19-/m1/s1. The minimum absolute atomic E-state index is 0.0417. The van der Waals surface area contributed by atoms with Crippen molar-refractivity contribution in [3.63, 3.8) is 0 Å². The average molecular weight is 502 g/mol. The molecule has 0 bridgehead atoms. The molecule has 1 saturated heterocycles. The van der Waals surface area contributed by atoms with Crippen LogP contribution in [0.15, 0.2) is 67.4 Å². The van der Waals surface area contributed by atoms with Gasteiger partial charge in [-0.05, 0) is 61.2 Å². The lowest BCUT2D eigenvalue weighted by molar-refractivity contribution is -0.125. The van der Waals surface area contributed by atoms with Crippen molar-refractivity contribution in [1.82, 2.24) is 19.4 Å². The molecule has 36 heavy (non-hydrogen) atoms. The second-order valence-electron chi connectivity index (χ2n) is 8.61. The number of rotatable bonds is 6. The lowest BCUT2D eigenvalue weighted by Crippen LogP contribution is -2.30. The number of thiophene rings is 1. The highest BCUT2D eigenvalue weighted by atomic mass is 32.1. The molecule has 2 amide bonds. The van der Waals surface area contributed by atoms with Crippen molar-refractivity contribution in [2.45, 2.75) is 25.3 Å². The van der Waals surface area contributed by atoms with E-state index in [1.807, 2.05) is 53.4 Å². The van der Waals surface area contributed by atoms with Crippen LogP contribution < -0.4 is 10.1 Å². The quantitative estimate of drug-likeness (QED) is 0.369. The van der Waals surface area contributed by atoms with Gasteiger partial charge < -0.3 is 14.2 Å². The number of nitrogens with zero attached hydrogens (tertiary/aromatic N) is 4. The van der Waals surface area contributed by atoms with Crippen LogP contribution in [0.1, 0.15) is 35.0 Å². The van der Waals surface area contributed by atoms with Gasteiger partial charge in [0.25, 0.3) is 5.91 Å². The molecule has 184 valence electrons. The number of methoxy groups -OCH3 is 1. The Hall–Kier alpha value is -3.98. The molecular formula is C27H27N5O3S. The zero-order valence-corrected chi connectivity index (χ0v) is 20.8. The van der Waals surface area contributed by atoms with Gasteiger partial charge in [0.05, 0.1) is 23.0 Å². The molecule has 0 radical (unpaired) electrons. The summed E-state index contributed by atoms with van der Waals surface area (Å²) < 4.78 is 7.34. The summed E-state index contributed by atoms with van der Waals surface area (Å²) in [6.45, 7) is 4.96. The second-order valence-corrected chi connectivity index (χ2v) is 9.70. The summed E-state index contributed by atoms with van der Waals surface area (Å²) in [4.78, 5) is 37.7. The molecule has 4 aromatic rings. The van der Waals surface area contributed by atoms with Gasteiger partial charge in [0.2, 0.25) is 17.7 Å². The minimum Gasteiger partial charge on any atom is -0.481 e. The Morgan fingerprint density at radius 1 is 1.17 bits per heavy atom. The van der Waals surface area contributed by atoms with E-state index in [4.69, 9.17) is 9.72 Å². The number of para-hydroxylation sites is 2. The van der Waals surface area contributed by atoms with E-state index >= 15 is 0 Å². The number of nitrogens with one attached hydrogen (secondary N) is 1. The van der Waals surface area contributed by atoms with Gasteiger partial charge in [0, 0.05) is 36.3 Å². The Labute approximate surface area is 213 Å². The van der Waals surface area contributed by atoms with E-state index in [9.17, 15) is 9.59 Å². The molecule has 8 nitrogen and oxygen atoms in total. The fourth-order valence-corrected chi connectivity index (χ4v) is 5.54. The van der Waals surface area contributed by atoms with Gasteiger partial charge in [-0.2, -0.15) is 0 Å². The van der Waals surface area contributed by atoms with Gasteiger partial charge in [-0.25, -0.2) is 9.97 Å². The highest BCUT2D eigenvalue weighted by Gasteiger charge is 2.25. The Bertz CT molecular complexity index is 1430. The maximum absolute atomic E-state index is 13.3. The van der Waals surface area contributed by atoms with Crippen LogP contribution in [0.5, 0.6) is 5.88 Å². The predicted molar refractivity (Wildman–Crippen MR) is 141 cm³/mol. The number of fused-ring (bicyclic) bond motifs is 1. The first-order valence-corrected chi connectivity index (χ1v) is 12.7.